The third-order valence-corrected chi connectivity index (χ3v) is 3.36. The third-order valence-electron chi connectivity index (χ3n) is 3.36. The first-order chi connectivity index (χ1) is 9.13. The van der Waals surface area contributed by atoms with Crippen LogP contribution >= 0.6 is 0 Å². The van der Waals surface area contributed by atoms with E-state index in [0.717, 1.165) is 25.9 Å². The Balaban J connectivity index is 2.35. The van der Waals surface area contributed by atoms with Crippen LogP contribution < -0.4 is 10.9 Å². The quantitative estimate of drug-likeness (QED) is 0.787. The first-order valence-electron chi connectivity index (χ1n) is 6.62. The van der Waals surface area contributed by atoms with Crippen molar-refractivity contribution in [2.24, 2.45) is 0 Å². The molecule has 1 aliphatic heterocycles. The van der Waals surface area contributed by atoms with Gasteiger partial charge in [0.2, 0.25) is 0 Å². The van der Waals surface area contributed by atoms with Gasteiger partial charge in [0.15, 0.2) is 5.69 Å². The van der Waals surface area contributed by atoms with Crippen LogP contribution in [0, 0.1) is 6.92 Å². The SMILES string of the molecule is CCOC(=O)c1nc(C2CCNCC2)[nH]c(=O)c1C. The zero-order valence-electron chi connectivity index (χ0n) is 11.3. The van der Waals surface area contributed by atoms with Crippen molar-refractivity contribution in [2.45, 2.75) is 32.6 Å². The van der Waals surface area contributed by atoms with Crippen molar-refractivity contribution in [3.05, 3.63) is 27.4 Å². The molecule has 0 amide bonds. The largest absolute Gasteiger partial charge is 0.461 e. The summed E-state index contributed by atoms with van der Waals surface area (Å²) in [6.45, 7) is 5.39. The predicted molar refractivity (Wildman–Crippen MR) is 70.4 cm³/mol. The maximum atomic E-state index is 11.9. The Bertz CT molecular complexity index is 518. The molecule has 2 rings (SSSR count). The minimum atomic E-state index is -0.527. The predicted octanol–water partition coefficient (Wildman–Crippen LogP) is 0.722. The number of ether oxygens (including phenoxy) is 1. The zero-order chi connectivity index (χ0) is 13.8. The number of aromatic nitrogens is 2. The fourth-order valence-electron chi connectivity index (χ4n) is 2.24. The minimum Gasteiger partial charge on any atom is -0.461 e. The Morgan fingerprint density at radius 2 is 2.11 bits per heavy atom. The van der Waals surface area contributed by atoms with Crippen LogP contribution in [0.25, 0.3) is 0 Å². The van der Waals surface area contributed by atoms with Crippen molar-refractivity contribution >= 4 is 5.97 Å². The number of nitrogens with one attached hydrogen (secondary N) is 2. The molecule has 1 aromatic rings. The molecule has 1 saturated heterocycles. The van der Waals surface area contributed by atoms with Crippen molar-refractivity contribution < 1.29 is 9.53 Å². The van der Waals surface area contributed by atoms with Gasteiger partial charge in [0.1, 0.15) is 5.82 Å². The molecular formula is C13H19N3O3. The summed E-state index contributed by atoms with van der Waals surface area (Å²) in [5.74, 6) is 0.268. The Hall–Kier alpha value is -1.69. The van der Waals surface area contributed by atoms with Crippen LogP contribution in [0.1, 0.15) is 47.6 Å². The van der Waals surface area contributed by atoms with E-state index in [1.54, 1.807) is 13.8 Å². The average Bonchev–Trinajstić information content (AvgIpc) is 2.43. The van der Waals surface area contributed by atoms with Crippen molar-refractivity contribution in [3.8, 4) is 0 Å². The highest BCUT2D eigenvalue weighted by atomic mass is 16.5. The van der Waals surface area contributed by atoms with E-state index < -0.39 is 5.97 Å². The van der Waals surface area contributed by atoms with Crippen LogP contribution in [-0.2, 0) is 4.74 Å². The molecule has 2 heterocycles. The number of hydrogen-bond donors (Lipinski definition) is 2. The molecule has 19 heavy (non-hydrogen) atoms. The van der Waals surface area contributed by atoms with E-state index in [2.05, 4.69) is 15.3 Å². The normalized spacial score (nSPS) is 16.3. The summed E-state index contributed by atoms with van der Waals surface area (Å²) in [6.07, 6.45) is 1.82. The molecule has 1 aromatic heterocycles. The molecule has 1 aliphatic rings. The van der Waals surface area contributed by atoms with Crippen molar-refractivity contribution in [2.75, 3.05) is 19.7 Å². The second kappa shape index (κ2) is 5.97. The van der Waals surface area contributed by atoms with Gasteiger partial charge in [-0.05, 0) is 39.8 Å². The van der Waals surface area contributed by atoms with Gasteiger partial charge in [-0.15, -0.1) is 0 Å². The molecule has 0 atom stereocenters. The highest BCUT2D eigenvalue weighted by Crippen LogP contribution is 2.21. The number of nitrogens with zero attached hydrogens (tertiary/aromatic N) is 1. The van der Waals surface area contributed by atoms with Crippen LogP contribution in [0.5, 0.6) is 0 Å². The smallest absolute Gasteiger partial charge is 0.357 e. The fraction of sp³-hybridized carbons (Fsp3) is 0.615. The first-order valence-corrected chi connectivity index (χ1v) is 6.62. The molecule has 0 bridgehead atoms. The van der Waals surface area contributed by atoms with E-state index >= 15 is 0 Å². The van der Waals surface area contributed by atoms with E-state index in [1.807, 2.05) is 0 Å². The van der Waals surface area contributed by atoms with Gasteiger partial charge in [0, 0.05) is 11.5 Å². The molecule has 0 aliphatic carbocycles. The lowest BCUT2D eigenvalue weighted by molar-refractivity contribution is 0.0517. The molecule has 1 fully saturated rings. The van der Waals surface area contributed by atoms with Crippen LogP contribution in [0.3, 0.4) is 0 Å². The van der Waals surface area contributed by atoms with Gasteiger partial charge in [0.05, 0.1) is 6.61 Å². The standard InChI is InChI=1S/C13H19N3O3/c1-3-19-13(18)10-8(2)12(17)16-11(15-10)9-4-6-14-7-5-9/h9,14H,3-7H2,1-2H3,(H,15,16,17). The second-order valence-corrected chi connectivity index (χ2v) is 4.67. The number of aromatic amines is 1. The van der Waals surface area contributed by atoms with Crippen LogP contribution in [0.2, 0.25) is 0 Å². The molecule has 0 radical (unpaired) electrons. The molecule has 104 valence electrons. The molecule has 6 nitrogen and oxygen atoms in total. The number of carbonyl (C=O) groups is 1. The van der Waals surface area contributed by atoms with Crippen LogP contribution in [-0.4, -0.2) is 35.6 Å². The minimum absolute atomic E-state index is 0.138. The number of H-pyrrole nitrogens is 1. The van der Waals surface area contributed by atoms with Gasteiger partial charge in [-0.1, -0.05) is 0 Å². The highest BCUT2D eigenvalue weighted by Gasteiger charge is 2.22. The molecule has 0 aromatic carbocycles. The fourth-order valence-corrected chi connectivity index (χ4v) is 2.24. The van der Waals surface area contributed by atoms with Crippen LogP contribution in [0.15, 0.2) is 4.79 Å². The summed E-state index contributed by atoms with van der Waals surface area (Å²) < 4.78 is 4.94. The molecular weight excluding hydrogens is 246 g/mol. The summed E-state index contributed by atoms with van der Waals surface area (Å²) in [4.78, 5) is 30.8. The van der Waals surface area contributed by atoms with Gasteiger partial charge in [-0.3, -0.25) is 4.79 Å². The number of piperidine rings is 1. The lowest BCUT2D eigenvalue weighted by Crippen LogP contribution is -2.30. The van der Waals surface area contributed by atoms with Crippen molar-refractivity contribution in [3.63, 3.8) is 0 Å². The Kier molecular flexibility index (Phi) is 4.31. The summed E-state index contributed by atoms with van der Waals surface area (Å²) in [5, 5.41) is 3.26. The molecule has 0 unspecified atom stereocenters. The van der Waals surface area contributed by atoms with Gasteiger partial charge in [-0.25, -0.2) is 9.78 Å². The lowest BCUT2D eigenvalue weighted by Gasteiger charge is -2.22. The second-order valence-electron chi connectivity index (χ2n) is 4.67. The molecule has 2 N–H and O–H groups in total. The summed E-state index contributed by atoms with van der Waals surface area (Å²) >= 11 is 0. The maximum Gasteiger partial charge on any atom is 0.357 e. The number of carbonyl (C=O) groups excluding carboxylic acids is 1. The monoisotopic (exact) mass is 265 g/mol. The Morgan fingerprint density at radius 1 is 1.42 bits per heavy atom. The van der Waals surface area contributed by atoms with Gasteiger partial charge < -0.3 is 15.0 Å². The molecule has 0 saturated carbocycles. The summed E-state index contributed by atoms with van der Waals surface area (Å²) in [6, 6.07) is 0. The average molecular weight is 265 g/mol. The number of esters is 1. The summed E-state index contributed by atoms with van der Waals surface area (Å²) in [7, 11) is 0. The Morgan fingerprint density at radius 3 is 2.74 bits per heavy atom. The van der Waals surface area contributed by atoms with E-state index in [-0.39, 0.29) is 23.8 Å². The molecule has 6 heteroatoms. The van der Waals surface area contributed by atoms with E-state index in [1.165, 1.54) is 0 Å². The Labute approximate surface area is 111 Å². The third kappa shape index (κ3) is 3.01. The van der Waals surface area contributed by atoms with Gasteiger partial charge >= 0.3 is 5.97 Å². The van der Waals surface area contributed by atoms with Crippen molar-refractivity contribution in [1.82, 2.24) is 15.3 Å². The van der Waals surface area contributed by atoms with E-state index in [9.17, 15) is 9.59 Å². The number of hydrogen-bond acceptors (Lipinski definition) is 5. The lowest BCUT2D eigenvalue weighted by atomic mass is 9.97. The topological polar surface area (TPSA) is 84.1 Å². The van der Waals surface area contributed by atoms with Gasteiger partial charge in [0.25, 0.3) is 5.56 Å². The van der Waals surface area contributed by atoms with E-state index in [4.69, 9.17) is 4.74 Å². The zero-order valence-corrected chi connectivity index (χ0v) is 11.3. The summed E-state index contributed by atoms with van der Waals surface area (Å²) in [5.41, 5.74) is 0.196. The van der Waals surface area contributed by atoms with Crippen LogP contribution in [0.4, 0.5) is 0 Å². The van der Waals surface area contributed by atoms with Gasteiger partial charge in [-0.2, -0.15) is 0 Å². The first kappa shape index (κ1) is 13.7. The molecule has 0 spiro atoms. The maximum absolute atomic E-state index is 11.9. The number of rotatable bonds is 3. The van der Waals surface area contributed by atoms with E-state index in [0.29, 0.717) is 11.4 Å². The highest BCUT2D eigenvalue weighted by molar-refractivity contribution is 5.88. The van der Waals surface area contributed by atoms with Crippen molar-refractivity contribution in [1.29, 1.82) is 0 Å².